The van der Waals surface area contributed by atoms with Crippen molar-refractivity contribution in [1.82, 2.24) is 0 Å². The van der Waals surface area contributed by atoms with Crippen molar-refractivity contribution in [2.75, 3.05) is 0 Å². The summed E-state index contributed by atoms with van der Waals surface area (Å²) in [4.78, 5) is 11.6. The van der Waals surface area contributed by atoms with Gasteiger partial charge in [0.05, 0.1) is 0 Å². The maximum atomic E-state index is 11.6. The van der Waals surface area contributed by atoms with E-state index in [0.717, 1.165) is 6.42 Å². The predicted octanol–water partition coefficient (Wildman–Crippen LogP) is 3.77. The minimum atomic E-state index is 0.160. The summed E-state index contributed by atoms with van der Waals surface area (Å²) >= 11 is 0. The molecule has 16 heavy (non-hydrogen) atoms. The first-order chi connectivity index (χ1) is 7.41. The van der Waals surface area contributed by atoms with Crippen molar-refractivity contribution >= 4 is 5.78 Å². The first-order valence-electron chi connectivity index (χ1n) is 6.01. The zero-order valence-electron chi connectivity index (χ0n) is 11.1. The number of rotatable bonds is 4. The quantitative estimate of drug-likeness (QED) is 0.752. The molecule has 0 saturated heterocycles. The fourth-order valence-electron chi connectivity index (χ4n) is 1.83. The Kier molecular flexibility index (Phi) is 4.28. The van der Waals surface area contributed by atoms with Gasteiger partial charge >= 0.3 is 0 Å². The van der Waals surface area contributed by atoms with Crippen LogP contribution in [0.2, 0.25) is 0 Å². The zero-order chi connectivity index (χ0) is 12.3. The molecule has 0 aromatic heterocycles. The normalized spacial score (nSPS) is 10.9. The van der Waals surface area contributed by atoms with Gasteiger partial charge in [-0.2, -0.15) is 0 Å². The molecule has 0 unspecified atom stereocenters. The molecule has 1 nitrogen and oxygen atoms in total. The predicted molar refractivity (Wildman–Crippen MR) is 68.8 cm³/mol. The smallest absolute Gasteiger partial charge is 0.135 e. The molecule has 0 bridgehead atoms. The maximum Gasteiger partial charge on any atom is 0.135 e. The number of carbonyl (C=O) groups excluding carboxylic acids is 1. The van der Waals surface area contributed by atoms with E-state index in [-0.39, 0.29) is 5.92 Å². The molecule has 0 spiro atoms. The lowest BCUT2D eigenvalue weighted by atomic mass is 9.96. The van der Waals surface area contributed by atoms with Crippen LogP contribution in [0.4, 0.5) is 0 Å². The molecule has 0 aliphatic carbocycles. The highest BCUT2D eigenvalue weighted by Crippen LogP contribution is 2.17. The number of aryl methyl sites for hydroxylation is 3. The number of Topliss-reactive ketones (excluding diaryl/α,β-unsaturated/α-hetero) is 1. The minimum Gasteiger partial charge on any atom is -0.299 e. The van der Waals surface area contributed by atoms with Crippen LogP contribution in [0.15, 0.2) is 12.1 Å². The Morgan fingerprint density at radius 2 is 1.62 bits per heavy atom. The van der Waals surface area contributed by atoms with Gasteiger partial charge in [-0.1, -0.05) is 26.0 Å². The first-order valence-corrected chi connectivity index (χ1v) is 6.01. The second kappa shape index (κ2) is 5.29. The lowest BCUT2D eigenvalue weighted by molar-refractivity contribution is -0.121. The summed E-state index contributed by atoms with van der Waals surface area (Å²) in [6, 6.07) is 4.41. The van der Waals surface area contributed by atoms with Crippen LogP contribution >= 0.6 is 0 Å². The van der Waals surface area contributed by atoms with Crippen LogP contribution in [0.5, 0.6) is 0 Å². The Morgan fingerprint density at radius 1 is 1.12 bits per heavy atom. The van der Waals surface area contributed by atoms with Crippen molar-refractivity contribution in [3.63, 3.8) is 0 Å². The highest BCUT2D eigenvalue weighted by molar-refractivity contribution is 5.80. The maximum absolute atomic E-state index is 11.6. The van der Waals surface area contributed by atoms with E-state index in [2.05, 4.69) is 32.9 Å². The van der Waals surface area contributed by atoms with Crippen molar-refractivity contribution in [1.29, 1.82) is 0 Å². The van der Waals surface area contributed by atoms with Crippen LogP contribution in [0.1, 0.15) is 42.5 Å². The standard InChI is InChI=1S/C15H22O/c1-10(2)15(16)7-6-14-8-11(3)13(5)12(4)9-14/h8-10H,6-7H2,1-5H3. The molecule has 0 aliphatic heterocycles. The third kappa shape index (κ3) is 3.19. The van der Waals surface area contributed by atoms with Gasteiger partial charge in [-0.25, -0.2) is 0 Å². The van der Waals surface area contributed by atoms with E-state index in [1.54, 1.807) is 0 Å². The first kappa shape index (κ1) is 13.0. The second-order valence-corrected chi connectivity index (χ2v) is 4.98. The van der Waals surface area contributed by atoms with Gasteiger partial charge in [0.2, 0.25) is 0 Å². The lowest BCUT2D eigenvalue weighted by Gasteiger charge is -2.09. The summed E-state index contributed by atoms with van der Waals surface area (Å²) in [5.74, 6) is 0.517. The number of hydrogen-bond acceptors (Lipinski definition) is 1. The molecule has 0 heterocycles. The van der Waals surface area contributed by atoms with Gasteiger partial charge in [0.25, 0.3) is 0 Å². The monoisotopic (exact) mass is 218 g/mol. The number of hydrogen-bond donors (Lipinski definition) is 0. The van der Waals surface area contributed by atoms with Crippen molar-refractivity contribution < 1.29 is 4.79 Å². The average molecular weight is 218 g/mol. The molecule has 1 heteroatoms. The van der Waals surface area contributed by atoms with Crippen molar-refractivity contribution in [2.24, 2.45) is 5.92 Å². The Hall–Kier alpha value is -1.11. The van der Waals surface area contributed by atoms with Crippen LogP contribution in [-0.4, -0.2) is 5.78 Å². The molecular formula is C15H22O. The molecule has 0 N–H and O–H groups in total. The molecule has 0 radical (unpaired) electrons. The SMILES string of the molecule is Cc1cc(CCC(=O)C(C)C)cc(C)c1C. The van der Waals surface area contributed by atoms with E-state index in [4.69, 9.17) is 0 Å². The zero-order valence-corrected chi connectivity index (χ0v) is 11.1. The topological polar surface area (TPSA) is 17.1 Å². The summed E-state index contributed by atoms with van der Waals surface area (Å²) in [7, 11) is 0. The van der Waals surface area contributed by atoms with Crippen LogP contribution in [0, 0.1) is 26.7 Å². The molecule has 0 amide bonds. The van der Waals surface area contributed by atoms with Gasteiger partial charge in [0.15, 0.2) is 0 Å². The summed E-state index contributed by atoms with van der Waals surface area (Å²) in [6.45, 7) is 10.3. The van der Waals surface area contributed by atoms with E-state index < -0.39 is 0 Å². The van der Waals surface area contributed by atoms with Crippen molar-refractivity contribution in [3.8, 4) is 0 Å². The Balaban J connectivity index is 2.72. The molecular weight excluding hydrogens is 196 g/mol. The van der Waals surface area contributed by atoms with Crippen LogP contribution in [0.3, 0.4) is 0 Å². The van der Waals surface area contributed by atoms with Crippen LogP contribution < -0.4 is 0 Å². The van der Waals surface area contributed by atoms with Crippen molar-refractivity contribution in [2.45, 2.75) is 47.5 Å². The van der Waals surface area contributed by atoms with Gasteiger partial charge in [-0.15, -0.1) is 0 Å². The fraction of sp³-hybridized carbons (Fsp3) is 0.533. The van der Waals surface area contributed by atoms with Gasteiger partial charge in [0, 0.05) is 12.3 Å². The van der Waals surface area contributed by atoms with Crippen LogP contribution in [-0.2, 0) is 11.2 Å². The molecule has 1 rings (SSSR count). The summed E-state index contributed by atoms with van der Waals surface area (Å²) in [5, 5.41) is 0. The molecule has 0 atom stereocenters. The Labute approximate surface area is 98.9 Å². The Bertz CT molecular complexity index is 365. The van der Waals surface area contributed by atoms with Gasteiger partial charge in [-0.05, 0) is 49.4 Å². The highest BCUT2D eigenvalue weighted by Gasteiger charge is 2.08. The number of ketones is 1. The molecule has 0 saturated carbocycles. The summed E-state index contributed by atoms with van der Waals surface area (Å²) < 4.78 is 0. The summed E-state index contributed by atoms with van der Waals surface area (Å²) in [6.07, 6.45) is 1.54. The third-order valence-corrected chi connectivity index (χ3v) is 3.29. The average Bonchev–Trinajstić information content (AvgIpc) is 2.22. The summed E-state index contributed by atoms with van der Waals surface area (Å²) in [5.41, 5.74) is 5.30. The highest BCUT2D eigenvalue weighted by atomic mass is 16.1. The van der Waals surface area contributed by atoms with Gasteiger partial charge < -0.3 is 0 Å². The van der Waals surface area contributed by atoms with E-state index in [0.29, 0.717) is 12.2 Å². The van der Waals surface area contributed by atoms with E-state index in [1.807, 2.05) is 13.8 Å². The van der Waals surface area contributed by atoms with E-state index >= 15 is 0 Å². The largest absolute Gasteiger partial charge is 0.299 e. The second-order valence-electron chi connectivity index (χ2n) is 4.98. The number of carbonyl (C=O) groups is 1. The Morgan fingerprint density at radius 3 is 2.06 bits per heavy atom. The van der Waals surface area contributed by atoms with Gasteiger partial charge in [0.1, 0.15) is 5.78 Å². The van der Waals surface area contributed by atoms with Gasteiger partial charge in [-0.3, -0.25) is 4.79 Å². The molecule has 1 aromatic rings. The molecule has 1 aromatic carbocycles. The molecule has 0 fully saturated rings. The molecule has 88 valence electrons. The van der Waals surface area contributed by atoms with E-state index in [9.17, 15) is 4.79 Å². The lowest BCUT2D eigenvalue weighted by Crippen LogP contribution is -2.08. The fourth-order valence-corrected chi connectivity index (χ4v) is 1.83. The van der Waals surface area contributed by atoms with Crippen molar-refractivity contribution in [3.05, 3.63) is 34.4 Å². The third-order valence-electron chi connectivity index (χ3n) is 3.29. The van der Waals surface area contributed by atoms with E-state index in [1.165, 1.54) is 22.3 Å². The molecule has 0 aliphatic rings. The number of benzene rings is 1. The minimum absolute atomic E-state index is 0.160. The van der Waals surface area contributed by atoms with Crippen LogP contribution in [0.25, 0.3) is 0 Å².